The first kappa shape index (κ1) is 19.8. The van der Waals surface area contributed by atoms with E-state index in [2.05, 4.69) is 15.0 Å². The number of amides is 1. The molecule has 1 aromatic heterocycles. The van der Waals surface area contributed by atoms with E-state index in [0.29, 0.717) is 18.0 Å². The van der Waals surface area contributed by atoms with E-state index in [1.807, 2.05) is 36.4 Å². The average molecular weight is 382 g/mol. The smallest absolute Gasteiger partial charge is 0.263 e. The molecule has 0 saturated carbocycles. The van der Waals surface area contributed by atoms with E-state index in [9.17, 15) is 4.79 Å². The molecule has 2 aromatic rings. The van der Waals surface area contributed by atoms with Crippen LogP contribution in [0.4, 0.5) is 0 Å². The van der Waals surface area contributed by atoms with Gasteiger partial charge in [0.05, 0.1) is 12.3 Å². The summed E-state index contributed by atoms with van der Waals surface area (Å²) in [6.07, 6.45) is 2.03. The molecule has 0 radical (unpaired) electrons. The van der Waals surface area contributed by atoms with Gasteiger partial charge in [-0.3, -0.25) is 4.79 Å². The van der Waals surface area contributed by atoms with Gasteiger partial charge in [-0.15, -0.1) is 12.4 Å². The van der Waals surface area contributed by atoms with Gasteiger partial charge in [0.2, 0.25) is 0 Å². The van der Waals surface area contributed by atoms with Crippen molar-refractivity contribution in [1.82, 2.24) is 15.0 Å². The summed E-state index contributed by atoms with van der Waals surface area (Å²) in [7, 11) is 1.72. The zero-order valence-electron chi connectivity index (χ0n) is 14.3. The van der Waals surface area contributed by atoms with Gasteiger partial charge in [-0.1, -0.05) is 30.3 Å². The molecule has 1 aliphatic heterocycles. The average Bonchev–Trinajstić information content (AvgIpc) is 3.12. The fourth-order valence-corrected chi connectivity index (χ4v) is 3.79. The lowest BCUT2D eigenvalue weighted by molar-refractivity contribution is 0.0512. The summed E-state index contributed by atoms with van der Waals surface area (Å²) in [6.45, 7) is 3.25. The van der Waals surface area contributed by atoms with E-state index in [0.717, 1.165) is 37.2 Å². The zero-order chi connectivity index (χ0) is 16.8. The Morgan fingerprint density at radius 1 is 1.32 bits per heavy atom. The van der Waals surface area contributed by atoms with Crippen LogP contribution in [0.15, 0.2) is 36.4 Å². The predicted octanol–water partition coefficient (Wildman–Crippen LogP) is 2.98. The van der Waals surface area contributed by atoms with Crippen LogP contribution < -0.4 is 10.6 Å². The molecule has 1 aromatic carbocycles. The molecule has 2 heterocycles. The third-order valence-electron chi connectivity index (χ3n) is 4.54. The Balaban J connectivity index is 0.00000225. The predicted molar refractivity (Wildman–Crippen MR) is 104 cm³/mol. The van der Waals surface area contributed by atoms with Gasteiger partial charge in [-0.05, 0) is 43.5 Å². The quantitative estimate of drug-likeness (QED) is 0.807. The van der Waals surface area contributed by atoms with E-state index < -0.39 is 0 Å². The maximum Gasteiger partial charge on any atom is 0.263 e. The van der Waals surface area contributed by atoms with Crippen molar-refractivity contribution in [2.75, 3.05) is 33.4 Å². The number of carbonyl (C=O) groups excluding carboxylic acids is 1. The number of nitrogens with zero attached hydrogens (tertiary/aromatic N) is 1. The number of aromatic nitrogens is 1. The Kier molecular flexibility index (Phi) is 7.38. The summed E-state index contributed by atoms with van der Waals surface area (Å²) < 4.78 is 9.80. The Morgan fingerprint density at radius 3 is 2.72 bits per heavy atom. The first-order valence-corrected chi connectivity index (χ1v) is 9.00. The number of ether oxygens (including phenoxy) is 1. The highest BCUT2D eigenvalue weighted by Crippen LogP contribution is 2.28. The summed E-state index contributed by atoms with van der Waals surface area (Å²) >= 11 is 1.25. The standard InChI is InChI=1S/C18H23N3O2S.ClH/c1-23-13-18(7-9-19-10-8-18)12-20-17(22)16-11-15(21-24-16)14-5-3-2-4-6-14;/h2-6,11,19H,7-10,12-13H2,1H3,(H,20,22);1H. The van der Waals surface area contributed by atoms with Gasteiger partial charge in [0.1, 0.15) is 4.88 Å². The van der Waals surface area contributed by atoms with Crippen LogP contribution in [0.25, 0.3) is 11.3 Å². The van der Waals surface area contributed by atoms with Gasteiger partial charge in [0.25, 0.3) is 5.91 Å². The number of hydrogen-bond acceptors (Lipinski definition) is 5. The second-order valence-electron chi connectivity index (χ2n) is 6.31. The molecule has 25 heavy (non-hydrogen) atoms. The molecule has 0 unspecified atom stereocenters. The van der Waals surface area contributed by atoms with Gasteiger partial charge >= 0.3 is 0 Å². The van der Waals surface area contributed by atoms with Gasteiger partial charge in [0, 0.05) is 24.6 Å². The second kappa shape index (κ2) is 9.29. The highest BCUT2D eigenvalue weighted by Gasteiger charge is 2.32. The maximum absolute atomic E-state index is 12.5. The summed E-state index contributed by atoms with van der Waals surface area (Å²) in [6, 6.07) is 11.8. The molecule has 7 heteroatoms. The van der Waals surface area contributed by atoms with Crippen LogP contribution in [-0.4, -0.2) is 43.6 Å². The van der Waals surface area contributed by atoms with Crippen molar-refractivity contribution in [1.29, 1.82) is 0 Å². The number of halogens is 1. The van der Waals surface area contributed by atoms with Crippen molar-refractivity contribution < 1.29 is 9.53 Å². The van der Waals surface area contributed by atoms with Crippen molar-refractivity contribution in [2.24, 2.45) is 5.41 Å². The highest BCUT2D eigenvalue weighted by atomic mass is 35.5. The molecule has 1 fully saturated rings. The largest absolute Gasteiger partial charge is 0.384 e. The Bertz CT molecular complexity index is 666. The highest BCUT2D eigenvalue weighted by molar-refractivity contribution is 7.08. The van der Waals surface area contributed by atoms with Crippen LogP contribution in [0.5, 0.6) is 0 Å². The van der Waals surface area contributed by atoms with Gasteiger partial charge in [-0.2, -0.15) is 4.37 Å². The monoisotopic (exact) mass is 381 g/mol. The molecular weight excluding hydrogens is 358 g/mol. The topological polar surface area (TPSA) is 63.2 Å². The number of nitrogens with one attached hydrogen (secondary N) is 2. The normalized spacial score (nSPS) is 16.0. The minimum atomic E-state index is -0.0521. The molecule has 1 amide bonds. The van der Waals surface area contributed by atoms with E-state index in [4.69, 9.17) is 4.74 Å². The van der Waals surface area contributed by atoms with E-state index in [-0.39, 0.29) is 23.7 Å². The van der Waals surface area contributed by atoms with Crippen molar-refractivity contribution in [2.45, 2.75) is 12.8 Å². The molecule has 5 nitrogen and oxygen atoms in total. The van der Waals surface area contributed by atoms with Crippen LogP contribution in [-0.2, 0) is 4.74 Å². The SMILES string of the molecule is COCC1(CNC(=O)c2cc(-c3ccccc3)ns2)CCNCC1.Cl. The Hall–Kier alpha value is -1.47. The van der Waals surface area contributed by atoms with Crippen molar-refractivity contribution in [3.8, 4) is 11.3 Å². The molecule has 0 aliphatic carbocycles. The van der Waals surface area contributed by atoms with Crippen molar-refractivity contribution >= 4 is 29.8 Å². The van der Waals surface area contributed by atoms with Crippen LogP contribution in [0.2, 0.25) is 0 Å². The summed E-state index contributed by atoms with van der Waals surface area (Å²) in [4.78, 5) is 13.1. The molecule has 0 spiro atoms. The fraction of sp³-hybridized carbons (Fsp3) is 0.444. The third kappa shape index (κ3) is 5.01. The van der Waals surface area contributed by atoms with Crippen molar-refractivity contribution in [3.63, 3.8) is 0 Å². The minimum absolute atomic E-state index is 0. The van der Waals surface area contributed by atoms with Crippen LogP contribution >= 0.6 is 23.9 Å². The van der Waals surface area contributed by atoms with Gasteiger partial charge in [0.15, 0.2) is 0 Å². The summed E-state index contributed by atoms with van der Waals surface area (Å²) in [5, 5.41) is 6.45. The molecular formula is C18H24ClN3O2S. The lowest BCUT2D eigenvalue weighted by atomic mass is 9.79. The molecule has 136 valence electrons. The first-order chi connectivity index (χ1) is 11.7. The number of rotatable bonds is 6. The van der Waals surface area contributed by atoms with E-state index >= 15 is 0 Å². The zero-order valence-corrected chi connectivity index (χ0v) is 15.9. The fourth-order valence-electron chi connectivity index (χ4n) is 3.12. The lowest BCUT2D eigenvalue weighted by Crippen LogP contribution is -2.47. The molecule has 0 bridgehead atoms. The Labute approximate surface area is 158 Å². The summed E-state index contributed by atoms with van der Waals surface area (Å²) in [5.74, 6) is -0.0521. The van der Waals surface area contributed by atoms with Gasteiger partial charge < -0.3 is 15.4 Å². The summed E-state index contributed by atoms with van der Waals surface area (Å²) in [5.41, 5.74) is 1.91. The van der Waals surface area contributed by atoms with E-state index in [1.165, 1.54) is 11.5 Å². The molecule has 3 rings (SSSR count). The molecule has 2 N–H and O–H groups in total. The first-order valence-electron chi connectivity index (χ1n) is 8.22. The van der Waals surface area contributed by atoms with E-state index in [1.54, 1.807) is 7.11 Å². The lowest BCUT2D eigenvalue weighted by Gasteiger charge is -2.37. The molecule has 1 aliphatic rings. The molecule has 1 saturated heterocycles. The van der Waals surface area contributed by atoms with Crippen LogP contribution in [0.3, 0.4) is 0 Å². The number of benzene rings is 1. The Morgan fingerprint density at radius 2 is 2.04 bits per heavy atom. The number of methoxy groups -OCH3 is 1. The number of piperidine rings is 1. The minimum Gasteiger partial charge on any atom is -0.384 e. The third-order valence-corrected chi connectivity index (χ3v) is 5.33. The number of carbonyl (C=O) groups is 1. The van der Waals surface area contributed by atoms with Crippen LogP contribution in [0, 0.1) is 5.41 Å². The maximum atomic E-state index is 12.5. The molecule has 0 atom stereocenters. The number of hydrogen-bond donors (Lipinski definition) is 2. The van der Waals surface area contributed by atoms with Gasteiger partial charge in [-0.25, -0.2) is 0 Å². The second-order valence-corrected chi connectivity index (χ2v) is 7.11. The van der Waals surface area contributed by atoms with Crippen molar-refractivity contribution in [3.05, 3.63) is 41.3 Å². The van der Waals surface area contributed by atoms with Crippen LogP contribution in [0.1, 0.15) is 22.5 Å².